The van der Waals surface area contributed by atoms with E-state index in [0.717, 1.165) is 54.1 Å². The molecule has 0 unspecified atom stereocenters. The zero-order valence-corrected chi connectivity index (χ0v) is 20.4. The maximum atomic E-state index is 13.0. The lowest BCUT2D eigenvalue weighted by Crippen LogP contribution is -2.48. The second-order valence-corrected chi connectivity index (χ2v) is 9.56. The minimum Gasteiger partial charge on any atom is -0.493 e. The molecular formula is C28H25ClN4O3. The predicted molar refractivity (Wildman–Crippen MR) is 137 cm³/mol. The Bertz CT molecular complexity index is 1410. The zero-order valence-electron chi connectivity index (χ0n) is 19.7. The molecule has 6 rings (SSSR count). The predicted octanol–water partition coefficient (Wildman–Crippen LogP) is 4.95. The third-order valence-electron chi connectivity index (χ3n) is 6.68. The molecule has 1 amide bonds. The first-order chi connectivity index (χ1) is 17.6. The van der Waals surface area contributed by atoms with Gasteiger partial charge in [0, 0.05) is 60.9 Å². The molecule has 2 aliphatic rings. The summed E-state index contributed by atoms with van der Waals surface area (Å²) < 4.78 is 11.0. The van der Waals surface area contributed by atoms with Crippen LogP contribution in [0.15, 0.2) is 71.3 Å². The summed E-state index contributed by atoms with van der Waals surface area (Å²) in [5, 5.41) is 4.79. The van der Waals surface area contributed by atoms with Crippen LogP contribution in [0.4, 0.5) is 0 Å². The molecule has 1 saturated heterocycles. The number of nitrogens with zero attached hydrogens (tertiary/aromatic N) is 4. The van der Waals surface area contributed by atoms with Gasteiger partial charge in [0.15, 0.2) is 0 Å². The standard InChI is InChI=1S/C28H25ClN4O3/c29-24-6-2-5-22(17-24)27-30-26(31-36-27)21-4-1-3-19(15-21)18-32-10-12-33(13-11-32)28(34)23-7-8-25-20(16-23)9-14-35-25/h1-8,15-17H,9-14,18H2. The molecule has 2 aliphatic heterocycles. The number of carbonyl (C=O) groups is 1. The van der Waals surface area contributed by atoms with Crippen molar-refractivity contribution in [3.05, 3.63) is 88.4 Å². The van der Waals surface area contributed by atoms with Gasteiger partial charge in [0.25, 0.3) is 11.8 Å². The highest BCUT2D eigenvalue weighted by Gasteiger charge is 2.24. The number of amides is 1. The van der Waals surface area contributed by atoms with E-state index in [1.807, 2.05) is 53.4 Å². The topological polar surface area (TPSA) is 71.7 Å². The number of carbonyl (C=O) groups excluding carboxylic acids is 1. The van der Waals surface area contributed by atoms with Crippen molar-refractivity contribution >= 4 is 17.5 Å². The summed E-state index contributed by atoms with van der Waals surface area (Å²) in [5.41, 5.74) is 4.73. The van der Waals surface area contributed by atoms with Gasteiger partial charge in [0.05, 0.1) is 6.61 Å². The fraction of sp³-hybridized carbons (Fsp3) is 0.250. The largest absolute Gasteiger partial charge is 0.493 e. The van der Waals surface area contributed by atoms with Crippen LogP contribution < -0.4 is 4.74 Å². The summed E-state index contributed by atoms with van der Waals surface area (Å²) in [6.45, 7) is 4.56. The molecule has 0 saturated carbocycles. The SMILES string of the molecule is O=C(c1ccc2c(c1)CCO2)N1CCN(Cc2cccc(-c3noc(-c4cccc(Cl)c4)n3)c2)CC1. The third-order valence-corrected chi connectivity index (χ3v) is 6.92. The zero-order chi connectivity index (χ0) is 24.5. The summed E-state index contributed by atoms with van der Waals surface area (Å²) in [4.78, 5) is 21.9. The fourth-order valence-electron chi connectivity index (χ4n) is 4.76. The molecule has 3 heterocycles. The first-order valence-corrected chi connectivity index (χ1v) is 12.5. The molecule has 0 spiro atoms. The smallest absolute Gasteiger partial charge is 0.258 e. The Labute approximate surface area is 214 Å². The van der Waals surface area contributed by atoms with Crippen molar-refractivity contribution in [2.75, 3.05) is 32.8 Å². The molecule has 36 heavy (non-hydrogen) atoms. The maximum absolute atomic E-state index is 13.0. The molecule has 3 aromatic carbocycles. The van der Waals surface area contributed by atoms with E-state index in [1.54, 1.807) is 6.07 Å². The number of hydrogen-bond donors (Lipinski definition) is 0. The molecule has 4 aromatic rings. The Balaban J connectivity index is 1.08. The van der Waals surface area contributed by atoms with Gasteiger partial charge in [-0.25, -0.2) is 0 Å². The molecule has 0 atom stereocenters. The number of halogens is 1. The number of hydrogen-bond acceptors (Lipinski definition) is 6. The molecular weight excluding hydrogens is 476 g/mol. The van der Waals surface area contributed by atoms with E-state index in [0.29, 0.717) is 36.4 Å². The van der Waals surface area contributed by atoms with E-state index >= 15 is 0 Å². The van der Waals surface area contributed by atoms with Gasteiger partial charge in [-0.05, 0) is 53.6 Å². The quantitative estimate of drug-likeness (QED) is 0.386. The summed E-state index contributed by atoms with van der Waals surface area (Å²) in [6, 6.07) is 21.3. The normalized spacial score (nSPS) is 15.5. The van der Waals surface area contributed by atoms with Crippen LogP contribution in [-0.2, 0) is 13.0 Å². The van der Waals surface area contributed by atoms with Crippen molar-refractivity contribution in [2.45, 2.75) is 13.0 Å². The average molecular weight is 501 g/mol. The van der Waals surface area contributed by atoms with Crippen LogP contribution >= 0.6 is 11.6 Å². The van der Waals surface area contributed by atoms with E-state index in [-0.39, 0.29) is 5.91 Å². The highest BCUT2D eigenvalue weighted by molar-refractivity contribution is 6.30. The number of ether oxygens (including phenoxy) is 1. The second kappa shape index (κ2) is 9.76. The van der Waals surface area contributed by atoms with Gasteiger partial charge >= 0.3 is 0 Å². The highest BCUT2D eigenvalue weighted by Crippen LogP contribution is 2.27. The number of piperazine rings is 1. The van der Waals surface area contributed by atoms with Gasteiger partial charge in [0.1, 0.15) is 5.75 Å². The van der Waals surface area contributed by atoms with E-state index in [2.05, 4.69) is 27.2 Å². The number of benzene rings is 3. The Morgan fingerprint density at radius 1 is 0.944 bits per heavy atom. The minimum atomic E-state index is 0.0963. The Morgan fingerprint density at radius 2 is 1.78 bits per heavy atom. The molecule has 7 nitrogen and oxygen atoms in total. The van der Waals surface area contributed by atoms with Crippen molar-refractivity contribution in [3.8, 4) is 28.6 Å². The van der Waals surface area contributed by atoms with Crippen molar-refractivity contribution in [2.24, 2.45) is 0 Å². The Kier molecular flexibility index (Phi) is 6.17. The van der Waals surface area contributed by atoms with Crippen molar-refractivity contribution in [1.82, 2.24) is 19.9 Å². The molecule has 0 N–H and O–H groups in total. The van der Waals surface area contributed by atoms with Crippen LogP contribution in [0.2, 0.25) is 5.02 Å². The summed E-state index contributed by atoms with van der Waals surface area (Å²) in [6.07, 6.45) is 0.870. The van der Waals surface area contributed by atoms with Crippen LogP contribution in [0, 0.1) is 0 Å². The Morgan fingerprint density at radius 3 is 2.64 bits per heavy atom. The van der Waals surface area contributed by atoms with Gasteiger partial charge in [-0.15, -0.1) is 0 Å². The van der Waals surface area contributed by atoms with Crippen LogP contribution in [0.25, 0.3) is 22.8 Å². The van der Waals surface area contributed by atoms with Crippen LogP contribution in [0.1, 0.15) is 21.5 Å². The van der Waals surface area contributed by atoms with Crippen molar-refractivity contribution < 1.29 is 14.1 Å². The van der Waals surface area contributed by atoms with E-state index in [4.69, 9.17) is 20.9 Å². The monoisotopic (exact) mass is 500 g/mol. The first kappa shape index (κ1) is 22.8. The van der Waals surface area contributed by atoms with Gasteiger partial charge in [-0.1, -0.05) is 41.0 Å². The molecule has 1 aromatic heterocycles. The lowest BCUT2D eigenvalue weighted by atomic mass is 10.1. The third kappa shape index (κ3) is 4.72. The van der Waals surface area contributed by atoms with Gasteiger partial charge in [0.2, 0.25) is 5.82 Å². The molecule has 0 radical (unpaired) electrons. The number of aromatic nitrogens is 2. The van der Waals surface area contributed by atoms with Gasteiger partial charge in [-0.2, -0.15) is 4.98 Å². The average Bonchev–Trinajstić information content (AvgIpc) is 3.59. The Hall–Kier alpha value is -3.68. The fourth-order valence-corrected chi connectivity index (χ4v) is 4.95. The van der Waals surface area contributed by atoms with E-state index < -0.39 is 0 Å². The van der Waals surface area contributed by atoms with Crippen molar-refractivity contribution in [1.29, 1.82) is 0 Å². The van der Waals surface area contributed by atoms with Crippen LogP contribution in [-0.4, -0.2) is 58.6 Å². The number of fused-ring (bicyclic) bond motifs is 1. The summed E-state index contributed by atoms with van der Waals surface area (Å²) >= 11 is 6.09. The molecule has 182 valence electrons. The highest BCUT2D eigenvalue weighted by atomic mass is 35.5. The molecule has 1 fully saturated rings. The summed E-state index contributed by atoms with van der Waals surface area (Å²) in [5.74, 6) is 1.98. The minimum absolute atomic E-state index is 0.0963. The summed E-state index contributed by atoms with van der Waals surface area (Å²) in [7, 11) is 0. The molecule has 8 heteroatoms. The second-order valence-electron chi connectivity index (χ2n) is 9.12. The van der Waals surface area contributed by atoms with Crippen molar-refractivity contribution in [3.63, 3.8) is 0 Å². The molecule has 0 bridgehead atoms. The first-order valence-electron chi connectivity index (χ1n) is 12.1. The van der Waals surface area contributed by atoms with Gasteiger partial charge in [-0.3, -0.25) is 9.69 Å². The van der Waals surface area contributed by atoms with Crippen LogP contribution in [0.3, 0.4) is 0 Å². The van der Waals surface area contributed by atoms with E-state index in [9.17, 15) is 4.79 Å². The lowest BCUT2D eigenvalue weighted by molar-refractivity contribution is 0.0628. The maximum Gasteiger partial charge on any atom is 0.258 e. The molecule has 0 aliphatic carbocycles. The van der Waals surface area contributed by atoms with Gasteiger partial charge < -0.3 is 14.2 Å². The van der Waals surface area contributed by atoms with Crippen LogP contribution in [0.5, 0.6) is 5.75 Å². The lowest BCUT2D eigenvalue weighted by Gasteiger charge is -2.35. The van der Waals surface area contributed by atoms with E-state index in [1.165, 1.54) is 5.56 Å². The number of rotatable bonds is 5.